The topological polar surface area (TPSA) is 52.3 Å². The molecule has 1 amide bonds. The molecule has 0 aliphatic heterocycles. The van der Waals surface area contributed by atoms with Crippen molar-refractivity contribution < 1.29 is 9.53 Å². The van der Waals surface area contributed by atoms with Crippen LogP contribution in [-0.2, 0) is 9.53 Å². The summed E-state index contributed by atoms with van der Waals surface area (Å²) in [5.74, 6) is 0.483. The zero-order chi connectivity index (χ0) is 19.5. The molecule has 2 N–H and O–H groups in total. The van der Waals surface area contributed by atoms with Crippen molar-refractivity contribution in [3.63, 3.8) is 0 Å². The second-order valence-electron chi connectivity index (χ2n) is 6.07. The Bertz CT molecular complexity index is 258. The molecule has 0 aromatic heterocycles. The third-order valence-corrected chi connectivity index (χ3v) is 2.69. The molecule has 0 aliphatic rings. The minimum absolute atomic E-state index is 0.00778. The highest BCUT2D eigenvalue weighted by atomic mass is 16.5. The fourth-order valence-electron chi connectivity index (χ4n) is 1.16. The molecule has 0 aromatic rings. The van der Waals surface area contributed by atoms with Crippen molar-refractivity contribution in [1.82, 2.24) is 0 Å². The molecule has 0 saturated carbocycles. The summed E-state index contributed by atoms with van der Waals surface area (Å²) < 4.78 is 5.85. The Labute approximate surface area is 147 Å². The number of rotatable bonds is 8. The lowest BCUT2D eigenvalue weighted by atomic mass is 9.99. The van der Waals surface area contributed by atoms with Gasteiger partial charge in [0.25, 0.3) is 0 Å². The molecule has 0 rings (SSSR count). The van der Waals surface area contributed by atoms with Gasteiger partial charge >= 0.3 is 0 Å². The summed E-state index contributed by atoms with van der Waals surface area (Å²) in [6.07, 6.45) is 3.73. The highest BCUT2D eigenvalue weighted by molar-refractivity contribution is 5.73. The number of allylic oxidation sites excluding steroid dienone is 1. The molecular formula is C20H45NO2. The molecule has 0 spiro atoms. The third kappa shape index (κ3) is 38.7. The van der Waals surface area contributed by atoms with Crippen LogP contribution in [0.5, 0.6) is 0 Å². The first-order chi connectivity index (χ1) is 10.6. The molecule has 142 valence electrons. The van der Waals surface area contributed by atoms with E-state index < -0.39 is 0 Å². The smallest absolute Gasteiger partial charge is 0.217 e. The van der Waals surface area contributed by atoms with E-state index in [4.69, 9.17) is 4.74 Å². The second-order valence-corrected chi connectivity index (χ2v) is 6.07. The lowest BCUT2D eigenvalue weighted by molar-refractivity contribution is -0.117. The highest BCUT2D eigenvalue weighted by Gasteiger charge is 2.17. The van der Waals surface area contributed by atoms with Gasteiger partial charge in [0, 0.05) is 13.0 Å². The van der Waals surface area contributed by atoms with Gasteiger partial charge in [0.2, 0.25) is 5.91 Å². The van der Waals surface area contributed by atoms with Crippen LogP contribution in [0.4, 0.5) is 0 Å². The van der Waals surface area contributed by atoms with Gasteiger partial charge in [0.15, 0.2) is 0 Å². The SMILES string of the molecule is C=C(C)CCC(C)(C)OCCC(C)C.CC.CC.CCC(N)=O. The van der Waals surface area contributed by atoms with Crippen molar-refractivity contribution in [2.45, 2.75) is 101 Å². The maximum absolute atomic E-state index is 9.59. The minimum atomic E-state index is -0.245. The van der Waals surface area contributed by atoms with E-state index in [2.05, 4.69) is 46.9 Å². The number of hydrogen-bond acceptors (Lipinski definition) is 2. The largest absolute Gasteiger partial charge is 0.376 e. The van der Waals surface area contributed by atoms with Crippen LogP contribution >= 0.6 is 0 Å². The molecule has 0 saturated heterocycles. The predicted molar refractivity (Wildman–Crippen MR) is 106 cm³/mol. The van der Waals surface area contributed by atoms with Gasteiger partial charge in [-0.3, -0.25) is 4.79 Å². The molecule has 0 bridgehead atoms. The lowest BCUT2D eigenvalue weighted by Gasteiger charge is -2.26. The summed E-state index contributed by atoms with van der Waals surface area (Å²) in [4.78, 5) is 9.59. The predicted octanol–water partition coefficient (Wildman–Crippen LogP) is 6.12. The maximum Gasteiger partial charge on any atom is 0.217 e. The fourth-order valence-corrected chi connectivity index (χ4v) is 1.16. The van der Waals surface area contributed by atoms with Crippen LogP contribution in [0.1, 0.15) is 94.9 Å². The molecule has 0 aliphatic carbocycles. The molecule has 3 heteroatoms. The summed E-state index contributed by atoms with van der Waals surface area (Å²) in [7, 11) is 0. The van der Waals surface area contributed by atoms with E-state index in [1.165, 1.54) is 5.57 Å². The van der Waals surface area contributed by atoms with Gasteiger partial charge in [-0.15, -0.1) is 6.58 Å². The van der Waals surface area contributed by atoms with Crippen molar-refractivity contribution in [3.05, 3.63) is 12.2 Å². The van der Waals surface area contributed by atoms with Crippen molar-refractivity contribution in [2.75, 3.05) is 6.61 Å². The van der Waals surface area contributed by atoms with Crippen LogP contribution in [0.3, 0.4) is 0 Å². The number of nitrogens with two attached hydrogens (primary N) is 1. The van der Waals surface area contributed by atoms with Crippen LogP contribution in [0.2, 0.25) is 0 Å². The van der Waals surface area contributed by atoms with Crippen LogP contribution in [0, 0.1) is 5.92 Å². The minimum Gasteiger partial charge on any atom is -0.376 e. The number of ether oxygens (including phenoxy) is 1. The van der Waals surface area contributed by atoms with Gasteiger partial charge in [-0.25, -0.2) is 0 Å². The Kier molecular flexibility index (Phi) is 27.7. The third-order valence-electron chi connectivity index (χ3n) is 2.69. The Hall–Kier alpha value is -0.830. The van der Waals surface area contributed by atoms with Crippen molar-refractivity contribution in [3.8, 4) is 0 Å². The summed E-state index contributed by atoms with van der Waals surface area (Å²) in [5, 5.41) is 0. The van der Waals surface area contributed by atoms with Gasteiger partial charge in [-0.2, -0.15) is 0 Å². The van der Waals surface area contributed by atoms with Crippen LogP contribution < -0.4 is 5.73 Å². The number of amides is 1. The molecule has 23 heavy (non-hydrogen) atoms. The molecule has 0 atom stereocenters. The summed E-state index contributed by atoms with van der Waals surface area (Å²) in [6, 6.07) is 0. The molecule has 3 nitrogen and oxygen atoms in total. The van der Waals surface area contributed by atoms with E-state index >= 15 is 0 Å². The van der Waals surface area contributed by atoms with Crippen molar-refractivity contribution >= 4 is 5.91 Å². The fraction of sp³-hybridized carbons (Fsp3) is 0.850. The molecule has 0 heterocycles. The number of hydrogen-bond donors (Lipinski definition) is 1. The molecule has 0 radical (unpaired) electrons. The standard InChI is InChI=1S/C13H26O.C3H7NO.2C2H6/c1-11(2)7-9-13(5,6)14-10-8-12(3)4;1-2-3(4)5;2*1-2/h12H,1,7-10H2,2-6H3;2H2,1H3,(H2,4,5);2*1-2H3. The first-order valence-corrected chi connectivity index (χ1v) is 9.17. The Morgan fingerprint density at radius 1 is 1.17 bits per heavy atom. The maximum atomic E-state index is 9.59. The van der Waals surface area contributed by atoms with Gasteiger partial charge in [0.05, 0.1) is 5.60 Å². The average molecular weight is 332 g/mol. The number of carbonyl (C=O) groups is 1. The van der Waals surface area contributed by atoms with Crippen LogP contribution in [-0.4, -0.2) is 18.1 Å². The Morgan fingerprint density at radius 3 is 1.83 bits per heavy atom. The number of carbonyl (C=O) groups excluding carboxylic acids is 1. The van der Waals surface area contributed by atoms with E-state index in [1.54, 1.807) is 6.92 Å². The normalized spacial score (nSPS) is 9.52. The Balaban J connectivity index is -0.000000167. The average Bonchev–Trinajstić information content (AvgIpc) is 2.49. The summed E-state index contributed by atoms with van der Waals surface area (Å²) in [6.45, 7) is 25.4. The zero-order valence-corrected chi connectivity index (χ0v) is 17.7. The molecule has 0 fully saturated rings. The first-order valence-electron chi connectivity index (χ1n) is 9.17. The van der Waals surface area contributed by atoms with Gasteiger partial charge in [-0.05, 0) is 46.0 Å². The van der Waals surface area contributed by atoms with Gasteiger partial charge in [0.1, 0.15) is 0 Å². The van der Waals surface area contributed by atoms with E-state index in [-0.39, 0.29) is 11.5 Å². The molecular weight excluding hydrogens is 286 g/mol. The monoisotopic (exact) mass is 331 g/mol. The van der Waals surface area contributed by atoms with Crippen LogP contribution in [0.15, 0.2) is 12.2 Å². The van der Waals surface area contributed by atoms with Crippen molar-refractivity contribution in [1.29, 1.82) is 0 Å². The van der Waals surface area contributed by atoms with E-state index in [9.17, 15) is 4.79 Å². The second kappa shape index (κ2) is 21.2. The first kappa shape index (κ1) is 30.1. The van der Waals surface area contributed by atoms with Crippen molar-refractivity contribution in [2.24, 2.45) is 11.7 Å². The van der Waals surface area contributed by atoms with E-state index in [0.29, 0.717) is 6.42 Å². The summed E-state index contributed by atoms with van der Waals surface area (Å²) >= 11 is 0. The van der Waals surface area contributed by atoms with Crippen LogP contribution in [0.25, 0.3) is 0 Å². The quantitative estimate of drug-likeness (QED) is 0.545. The molecule has 0 aromatic carbocycles. The van der Waals surface area contributed by atoms with E-state index in [0.717, 1.165) is 31.8 Å². The summed E-state index contributed by atoms with van der Waals surface area (Å²) in [5.41, 5.74) is 5.90. The van der Waals surface area contributed by atoms with E-state index in [1.807, 2.05) is 27.7 Å². The lowest BCUT2D eigenvalue weighted by Crippen LogP contribution is -2.25. The van der Waals surface area contributed by atoms with Gasteiger partial charge < -0.3 is 10.5 Å². The highest BCUT2D eigenvalue weighted by Crippen LogP contribution is 2.19. The Morgan fingerprint density at radius 2 is 1.57 bits per heavy atom. The zero-order valence-electron chi connectivity index (χ0n) is 17.7. The number of primary amides is 1. The molecule has 0 unspecified atom stereocenters. The van der Waals surface area contributed by atoms with Gasteiger partial charge in [-0.1, -0.05) is 54.0 Å².